The first-order valence-electron chi connectivity index (χ1n) is 25.8. The average molecular weight is 957 g/mol. The molecule has 3 fully saturated rings. The Morgan fingerprint density at radius 3 is 2.56 bits per heavy atom. The van der Waals surface area contributed by atoms with Crippen molar-refractivity contribution < 1.29 is 44.2 Å². The third kappa shape index (κ3) is 7.24. The molecule has 14 heteroatoms. The van der Waals surface area contributed by atoms with Gasteiger partial charge in [-0.25, -0.2) is 4.79 Å². The smallest absolute Gasteiger partial charge is 0.337 e. The summed E-state index contributed by atoms with van der Waals surface area (Å²) >= 11 is 0. The predicted octanol–water partition coefficient (Wildman–Crippen LogP) is 6.62. The zero-order chi connectivity index (χ0) is 48.9. The largest absolute Gasteiger partial charge is 0.508 e. The number of benzene rings is 2. The molecule has 0 saturated heterocycles. The van der Waals surface area contributed by atoms with Crippen molar-refractivity contribution in [3.05, 3.63) is 121 Å². The highest BCUT2D eigenvalue weighted by molar-refractivity contribution is 5.93. The van der Waals surface area contributed by atoms with Gasteiger partial charge in [0.1, 0.15) is 58.1 Å². The average Bonchev–Trinajstić information content (AvgIpc) is 3.96. The number of hydrogen-bond acceptors (Lipinski definition) is 14. The number of fused-ring (bicyclic) bond motifs is 10. The van der Waals surface area contributed by atoms with Crippen LogP contribution in [0.15, 0.2) is 91.6 Å². The minimum Gasteiger partial charge on any atom is -0.508 e. The molecule has 0 amide bonds. The molecular weight excluding hydrogens is 889 g/mol. The molecule has 8 unspecified atom stereocenters. The molecule has 4 aliphatic carbocycles. The maximum Gasteiger partial charge on any atom is 0.337 e. The summed E-state index contributed by atoms with van der Waals surface area (Å²) in [6.07, 6.45) is 15.9. The van der Waals surface area contributed by atoms with E-state index in [0.717, 1.165) is 85.8 Å². The van der Waals surface area contributed by atoms with Crippen molar-refractivity contribution >= 4 is 16.9 Å². The Labute approximate surface area is 408 Å². The van der Waals surface area contributed by atoms with E-state index in [1.54, 1.807) is 25.1 Å². The van der Waals surface area contributed by atoms with Crippen molar-refractivity contribution in [3.63, 3.8) is 0 Å². The minimum absolute atomic E-state index is 0.0102. The molecule has 372 valence electrons. The number of esters is 1. The normalized spacial score (nSPS) is 30.6. The van der Waals surface area contributed by atoms with E-state index in [0.29, 0.717) is 43.6 Å². The van der Waals surface area contributed by atoms with Crippen LogP contribution < -0.4 is 31.8 Å². The number of rotatable bonds is 7. The molecular formula is C56H68N4O10. The molecule has 10 N–H and O–H groups in total. The van der Waals surface area contributed by atoms with Gasteiger partial charge in [-0.2, -0.15) is 0 Å². The molecule has 3 saturated carbocycles. The van der Waals surface area contributed by atoms with Crippen molar-refractivity contribution in [1.29, 1.82) is 0 Å². The van der Waals surface area contributed by atoms with Gasteiger partial charge in [-0.1, -0.05) is 50.8 Å². The van der Waals surface area contributed by atoms with Crippen LogP contribution in [0.25, 0.3) is 11.0 Å². The van der Waals surface area contributed by atoms with E-state index in [9.17, 15) is 35.1 Å². The molecule has 4 aliphatic heterocycles. The van der Waals surface area contributed by atoms with E-state index in [-0.39, 0.29) is 80.9 Å². The fourth-order valence-electron chi connectivity index (χ4n) is 15.0. The number of ether oxygens (including phenoxy) is 2. The second-order valence-corrected chi connectivity index (χ2v) is 21.7. The lowest BCUT2D eigenvalue weighted by atomic mass is 9.54. The minimum atomic E-state index is -1.36. The third-order valence-corrected chi connectivity index (χ3v) is 18.1. The topological polar surface area (TPSA) is 229 Å². The van der Waals surface area contributed by atoms with Crippen molar-refractivity contribution in [2.75, 3.05) is 19.7 Å². The predicted molar refractivity (Wildman–Crippen MR) is 264 cm³/mol. The number of nitrogens with two attached hydrogens (primary N) is 1. The van der Waals surface area contributed by atoms with Gasteiger partial charge in [0.05, 0.1) is 23.9 Å². The Kier molecular flexibility index (Phi) is 11.8. The van der Waals surface area contributed by atoms with Crippen LogP contribution in [0.3, 0.4) is 0 Å². The van der Waals surface area contributed by atoms with Gasteiger partial charge >= 0.3 is 5.97 Å². The number of phenolic OH excluding ortho intramolecular Hbond substituents is 2. The van der Waals surface area contributed by atoms with Crippen molar-refractivity contribution in [2.45, 2.75) is 146 Å². The van der Waals surface area contributed by atoms with Crippen LogP contribution in [0.4, 0.5) is 0 Å². The summed E-state index contributed by atoms with van der Waals surface area (Å²) in [6.45, 7) is 6.02. The molecule has 0 radical (unpaired) electrons. The van der Waals surface area contributed by atoms with Gasteiger partial charge < -0.3 is 55.8 Å². The number of carbonyl (C=O) groups is 1. The van der Waals surface area contributed by atoms with E-state index in [1.165, 1.54) is 11.6 Å². The number of dihydropyridines is 2. The van der Waals surface area contributed by atoms with E-state index in [4.69, 9.17) is 19.6 Å². The molecule has 4 bridgehead atoms. The highest BCUT2D eigenvalue weighted by Gasteiger charge is 2.61. The maximum atomic E-state index is 15.0. The number of aromatic hydroxyl groups is 2. The van der Waals surface area contributed by atoms with Crippen LogP contribution in [-0.2, 0) is 29.0 Å². The highest BCUT2D eigenvalue weighted by Crippen LogP contribution is 2.66. The summed E-state index contributed by atoms with van der Waals surface area (Å²) in [4.78, 5) is 29.5. The molecule has 1 spiro atoms. The Morgan fingerprint density at radius 2 is 1.83 bits per heavy atom. The van der Waals surface area contributed by atoms with Crippen LogP contribution in [0.1, 0.15) is 131 Å². The number of hydrogen-bond donors (Lipinski definition) is 9. The summed E-state index contributed by atoms with van der Waals surface area (Å²) < 4.78 is 21.3. The first-order chi connectivity index (χ1) is 33.8. The molecule has 14 nitrogen and oxygen atoms in total. The van der Waals surface area contributed by atoms with Crippen LogP contribution >= 0.6 is 0 Å². The molecule has 1 aromatic heterocycles. The van der Waals surface area contributed by atoms with Crippen LogP contribution in [0.5, 0.6) is 17.2 Å². The van der Waals surface area contributed by atoms with Crippen LogP contribution in [0, 0.1) is 23.2 Å². The molecule has 11 rings (SSSR count). The number of aliphatic hydroxyl groups is 3. The van der Waals surface area contributed by atoms with E-state index >= 15 is 0 Å². The Balaban J connectivity index is 1.27. The molecule has 70 heavy (non-hydrogen) atoms. The van der Waals surface area contributed by atoms with Gasteiger partial charge in [0, 0.05) is 54.1 Å². The van der Waals surface area contributed by atoms with Crippen molar-refractivity contribution in [3.8, 4) is 17.2 Å². The summed E-state index contributed by atoms with van der Waals surface area (Å²) in [5.74, 6) is -2.61. The van der Waals surface area contributed by atoms with E-state index in [1.807, 2.05) is 13.0 Å². The third-order valence-electron chi connectivity index (χ3n) is 18.1. The molecule has 8 aliphatic rings. The summed E-state index contributed by atoms with van der Waals surface area (Å²) in [5.41, 5.74) is 10.6. The lowest BCUT2D eigenvalue weighted by molar-refractivity contribution is -0.172. The highest BCUT2D eigenvalue weighted by atomic mass is 16.6. The Bertz CT molecular complexity index is 2860. The second-order valence-electron chi connectivity index (χ2n) is 21.7. The van der Waals surface area contributed by atoms with Gasteiger partial charge in [-0.15, -0.1) is 0 Å². The van der Waals surface area contributed by atoms with Crippen molar-refractivity contribution in [1.82, 2.24) is 16.0 Å². The number of likely N-dealkylation sites (N-methyl/N-ethyl adjacent to an activating group) is 1. The first-order valence-corrected chi connectivity index (χ1v) is 25.8. The van der Waals surface area contributed by atoms with E-state index < -0.39 is 53.8 Å². The molecule has 8 atom stereocenters. The lowest BCUT2D eigenvalue weighted by Gasteiger charge is -2.55. The zero-order valence-electron chi connectivity index (χ0n) is 40.5. The SMILES string of the molecule is CC=C(C(=O)OC1Cc2c3c(c4oc(CO)cc(=O)c4c2O)C2C4=CCNC(N)=C4C(C4CCC5=CC(NCC)NC=C5CC4C1(C)O3)C1(CCCC1)Cc1ccc(O)cc1C2CO)C1(O)CCCC1. The Morgan fingerprint density at radius 1 is 1.06 bits per heavy atom. The van der Waals surface area contributed by atoms with Crippen LogP contribution in [0.2, 0.25) is 0 Å². The summed E-state index contributed by atoms with van der Waals surface area (Å²) in [6, 6.07) is 6.66. The lowest BCUT2D eigenvalue weighted by Crippen LogP contribution is -2.60. The number of carbonyl (C=O) groups excluding carboxylic acids is 1. The van der Waals surface area contributed by atoms with Gasteiger partial charge in [0.2, 0.25) is 0 Å². The molecule has 2 aromatic carbocycles. The van der Waals surface area contributed by atoms with Crippen molar-refractivity contribution in [2.24, 2.45) is 28.9 Å². The summed E-state index contributed by atoms with van der Waals surface area (Å²) in [7, 11) is 0. The number of allylic oxidation sites excluding steroid dienone is 5. The number of aliphatic hydroxyl groups excluding tert-OH is 2. The number of nitrogens with one attached hydrogen (secondary N) is 3. The van der Waals surface area contributed by atoms with Gasteiger partial charge in [-0.05, 0) is 141 Å². The first kappa shape index (κ1) is 46.8. The second kappa shape index (κ2) is 17.6. The molecule has 3 aromatic rings. The Hall–Kier alpha value is -5.54. The van der Waals surface area contributed by atoms with Gasteiger partial charge in [0.25, 0.3) is 0 Å². The zero-order valence-corrected chi connectivity index (χ0v) is 40.5. The standard InChI is InChI=1S/C56H68N4O10/c1-4-39(56(67)17-8-9-18-56)53(66)69-42-24-37-49(65)46-41(64)23-33(27-61)68-51(46)47-44-35-14-19-59-52(57)45(35)48(55(15-6-7-16-55)25-30-10-12-32(63)22-36(30)38(44)28-62)34-13-11-29-21-43(58-5-2)60-26-31(29)20-40(34)54(42,3)70-50(37)47/h4,10,12,14,21-23,26,34,38,40,42-44,48,58-63,65,67H,5-9,11,13,15-20,24-25,27-28,57H2,1-3H3. The number of phenols is 2. The van der Waals surface area contributed by atoms with Gasteiger partial charge in [-0.3, -0.25) is 10.1 Å². The quantitative estimate of drug-likeness (QED) is 0.0896. The van der Waals surface area contributed by atoms with Crippen LogP contribution in [-0.4, -0.2) is 74.7 Å². The fourth-order valence-corrected chi connectivity index (χ4v) is 15.0. The maximum absolute atomic E-state index is 15.0. The summed E-state index contributed by atoms with van der Waals surface area (Å²) in [5, 5.41) is 69.3. The van der Waals surface area contributed by atoms with Gasteiger partial charge in [0.15, 0.2) is 5.43 Å². The monoisotopic (exact) mass is 956 g/mol. The fraction of sp³-hybridized carbons (Fsp3) is 0.536. The molecule has 5 heterocycles. The van der Waals surface area contributed by atoms with E-state index in [2.05, 4.69) is 41.2 Å².